The van der Waals surface area contributed by atoms with Gasteiger partial charge in [0.1, 0.15) is 0 Å². The van der Waals surface area contributed by atoms with Gasteiger partial charge in [-0.1, -0.05) is 103 Å². The molecule has 0 atom stereocenters. The van der Waals surface area contributed by atoms with Gasteiger partial charge >= 0.3 is 12.1 Å². The molecule has 5 heteroatoms. The minimum Gasteiger partial charge on any atom is -0.359 e. The first kappa shape index (κ1) is 24.9. The zero-order valence-electron chi connectivity index (χ0n) is 17.1. The van der Waals surface area contributed by atoms with Crippen molar-refractivity contribution in [3.05, 3.63) is 0 Å². The monoisotopic (exact) mass is 372 g/mol. The average Bonchev–Trinajstić information content (AvgIpc) is 2.60. The van der Waals surface area contributed by atoms with Gasteiger partial charge in [0.05, 0.1) is 6.61 Å². The summed E-state index contributed by atoms with van der Waals surface area (Å²) in [6.45, 7) is 3.74. The maximum atomic E-state index is 10.8. The van der Waals surface area contributed by atoms with E-state index in [4.69, 9.17) is 0 Å². The number of rotatable bonds is 18. The maximum Gasteiger partial charge on any atom is 0.548 e. The molecule has 0 aliphatic heterocycles. The van der Waals surface area contributed by atoms with Crippen molar-refractivity contribution in [2.75, 3.05) is 6.61 Å². The van der Waals surface area contributed by atoms with E-state index >= 15 is 0 Å². The van der Waals surface area contributed by atoms with E-state index in [0.29, 0.717) is 6.61 Å². The summed E-state index contributed by atoms with van der Waals surface area (Å²) in [7, 11) is 0. The van der Waals surface area contributed by atoms with Crippen molar-refractivity contribution in [2.24, 2.45) is 0 Å². The molecular formula is C21H40O5. The zero-order valence-corrected chi connectivity index (χ0v) is 17.1. The van der Waals surface area contributed by atoms with Crippen LogP contribution in [0.5, 0.6) is 0 Å². The van der Waals surface area contributed by atoms with Gasteiger partial charge in [-0.25, -0.2) is 4.79 Å². The van der Waals surface area contributed by atoms with E-state index in [9.17, 15) is 9.59 Å². The summed E-state index contributed by atoms with van der Waals surface area (Å²) in [6, 6.07) is 0. The van der Waals surface area contributed by atoms with Gasteiger partial charge in [0.2, 0.25) is 0 Å². The van der Waals surface area contributed by atoms with Gasteiger partial charge in [0, 0.05) is 6.92 Å². The highest BCUT2D eigenvalue weighted by atomic mass is 17.2. The van der Waals surface area contributed by atoms with Gasteiger partial charge < -0.3 is 4.74 Å². The molecule has 0 fully saturated rings. The van der Waals surface area contributed by atoms with Crippen molar-refractivity contribution >= 4 is 12.1 Å². The second-order valence-corrected chi connectivity index (χ2v) is 7.05. The highest BCUT2D eigenvalue weighted by Gasteiger charge is 2.07. The van der Waals surface area contributed by atoms with Crippen molar-refractivity contribution in [2.45, 2.75) is 117 Å². The normalized spacial score (nSPS) is 10.7. The van der Waals surface area contributed by atoms with Crippen LogP contribution in [0, 0.1) is 0 Å². The number of hydrogen-bond acceptors (Lipinski definition) is 5. The molecule has 0 aromatic rings. The topological polar surface area (TPSA) is 61.8 Å². The van der Waals surface area contributed by atoms with E-state index in [-0.39, 0.29) is 0 Å². The predicted octanol–water partition coefficient (Wildman–Crippen LogP) is 6.88. The van der Waals surface area contributed by atoms with Gasteiger partial charge in [0.15, 0.2) is 0 Å². The Kier molecular flexibility index (Phi) is 19.4. The van der Waals surface area contributed by atoms with Crippen LogP contribution in [0.1, 0.15) is 117 Å². The predicted molar refractivity (Wildman–Crippen MR) is 104 cm³/mol. The Bertz CT molecular complexity index is 330. The number of carbonyl (C=O) groups excluding carboxylic acids is 2. The Balaban J connectivity index is 3.07. The van der Waals surface area contributed by atoms with E-state index in [2.05, 4.69) is 21.4 Å². The molecule has 0 rings (SSSR count). The second-order valence-electron chi connectivity index (χ2n) is 7.05. The molecule has 0 saturated carbocycles. The number of unbranched alkanes of at least 4 members (excludes halogenated alkanes) is 15. The molecule has 0 aliphatic carbocycles. The fourth-order valence-corrected chi connectivity index (χ4v) is 2.93. The fourth-order valence-electron chi connectivity index (χ4n) is 2.93. The Morgan fingerprint density at radius 1 is 0.615 bits per heavy atom. The lowest BCUT2D eigenvalue weighted by atomic mass is 10.0. The molecule has 0 aliphatic rings. The Morgan fingerprint density at radius 3 is 1.38 bits per heavy atom. The van der Waals surface area contributed by atoms with Crippen molar-refractivity contribution < 1.29 is 24.1 Å². The fraction of sp³-hybridized carbons (Fsp3) is 0.905. The van der Waals surface area contributed by atoms with Crippen molar-refractivity contribution in [1.82, 2.24) is 0 Å². The SMILES string of the molecule is CCCCCCCCCCCCCCCCCCOOC(=O)OC(C)=O. The lowest BCUT2D eigenvalue weighted by Crippen LogP contribution is -2.11. The lowest BCUT2D eigenvalue weighted by molar-refractivity contribution is -0.253. The van der Waals surface area contributed by atoms with E-state index in [1.54, 1.807) is 0 Å². The summed E-state index contributed by atoms with van der Waals surface area (Å²) in [4.78, 5) is 30.3. The zero-order chi connectivity index (χ0) is 19.3. The second kappa shape index (κ2) is 20.2. The van der Waals surface area contributed by atoms with Gasteiger partial charge in [-0.3, -0.25) is 9.68 Å². The first-order valence-corrected chi connectivity index (χ1v) is 10.7. The molecule has 0 heterocycles. The van der Waals surface area contributed by atoms with Crippen LogP contribution in [0.4, 0.5) is 4.79 Å². The molecule has 0 N–H and O–H groups in total. The van der Waals surface area contributed by atoms with Gasteiger partial charge in [-0.05, 0) is 6.42 Å². The van der Waals surface area contributed by atoms with Gasteiger partial charge in [0.25, 0.3) is 0 Å². The summed E-state index contributed by atoms with van der Waals surface area (Å²) in [5.74, 6) is -0.707. The highest BCUT2D eigenvalue weighted by molar-refractivity contribution is 5.79. The standard InChI is InChI=1S/C21H40O5/c1-3-4-5-6-7-8-9-10-11-12-13-14-15-16-17-18-19-24-26-21(23)25-20(2)22/h3-19H2,1-2H3. The van der Waals surface area contributed by atoms with Crippen LogP contribution < -0.4 is 0 Å². The summed E-state index contributed by atoms with van der Waals surface area (Å²) in [5, 5.41) is 0. The summed E-state index contributed by atoms with van der Waals surface area (Å²) in [6.07, 6.45) is 19.9. The van der Waals surface area contributed by atoms with E-state index in [0.717, 1.165) is 19.8 Å². The van der Waals surface area contributed by atoms with Crippen LogP contribution in [0.2, 0.25) is 0 Å². The van der Waals surface area contributed by atoms with Crippen LogP contribution in [0.25, 0.3) is 0 Å². The minimum atomic E-state index is -1.10. The third-order valence-corrected chi connectivity index (χ3v) is 4.44. The summed E-state index contributed by atoms with van der Waals surface area (Å²) >= 11 is 0. The molecule has 0 aromatic heterocycles. The molecule has 0 radical (unpaired) electrons. The molecule has 0 spiro atoms. The van der Waals surface area contributed by atoms with Crippen LogP contribution >= 0.6 is 0 Å². The minimum absolute atomic E-state index is 0.339. The largest absolute Gasteiger partial charge is 0.548 e. The molecule has 26 heavy (non-hydrogen) atoms. The molecule has 0 saturated heterocycles. The highest BCUT2D eigenvalue weighted by Crippen LogP contribution is 2.13. The van der Waals surface area contributed by atoms with Crippen LogP contribution in [-0.4, -0.2) is 18.7 Å². The van der Waals surface area contributed by atoms with Crippen molar-refractivity contribution in [1.29, 1.82) is 0 Å². The quantitative estimate of drug-likeness (QED) is 0.0862. The maximum absolute atomic E-state index is 10.8. The van der Waals surface area contributed by atoms with Gasteiger partial charge in [-0.15, -0.1) is 0 Å². The lowest BCUT2D eigenvalue weighted by Gasteiger charge is -2.04. The molecule has 0 amide bonds. The molecular weight excluding hydrogens is 332 g/mol. The smallest absolute Gasteiger partial charge is 0.359 e. The number of hydrogen-bond donors (Lipinski definition) is 0. The first-order chi connectivity index (χ1) is 12.7. The van der Waals surface area contributed by atoms with Crippen LogP contribution in [0.15, 0.2) is 0 Å². The van der Waals surface area contributed by atoms with Crippen molar-refractivity contribution in [3.63, 3.8) is 0 Å². The Labute approximate surface area is 160 Å². The Hall–Kier alpha value is -1.10. The van der Waals surface area contributed by atoms with Crippen molar-refractivity contribution in [3.8, 4) is 0 Å². The first-order valence-electron chi connectivity index (χ1n) is 10.7. The van der Waals surface area contributed by atoms with E-state index in [1.807, 2.05) is 0 Å². The molecule has 154 valence electrons. The number of carbonyl (C=O) groups is 2. The third kappa shape index (κ3) is 20.9. The Morgan fingerprint density at radius 2 is 1.00 bits per heavy atom. The number of esters is 1. The molecule has 0 aromatic carbocycles. The molecule has 0 bridgehead atoms. The van der Waals surface area contributed by atoms with Crippen LogP contribution in [0.3, 0.4) is 0 Å². The third-order valence-electron chi connectivity index (χ3n) is 4.44. The average molecular weight is 373 g/mol. The van der Waals surface area contributed by atoms with E-state index in [1.165, 1.54) is 89.9 Å². The number of ether oxygens (including phenoxy) is 1. The molecule has 5 nitrogen and oxygen atoms in total. The van der Waals surface area contributed by atoms with E-state index < -0.39 is 12.1 Å². The van der Waals surface area contributed by atoms with Crippen LogP contribution in [-0.2, 0) is 19.3 Å². The summed E-state index contributed by atoms with van der Waals surface area (Å²) < 4.78 is 4.16. The van der Waals surface area contributed by atoms with Gasteiger partial charge in [-0.2, -0.15) is 4.89 Å². The molecule has 0 unspecified atom stereocenters. The summed E-state index contributed by atoms with van der Waals surface area (Å²) in [5.41, 5.74) is 0.